The molecule has 1 aliphatic heterocycles. The Morgan fingerprint density at radius 2 is 2.14 bits per heavy atom. The highest BCUT2D eigenvalue weighted by Gasteiger charge is 2.44. The normalized spacial score (nSPS) is 21.8. The summed E-state index contributed by atoms with van der Waals surface area (Å²) in [6.07, 6.45) is 4.62. The van der Waals surface area contributed by atoms with Crippen LogP contribution in [0.3, 0.4) is 0 Å². The third kappa shape index (κ3) is 2.60. The summed E-state index contributed by atoms with van der Waals surface area (Å²) in [5.41, 5.74) is 1.61. The van der Waals surface area contributed by atoms with Gasteiger partial charge in [0.05, 0.1) is 0 Å². The maximum atomic E-state index is 12.5. The van der Waals surface area contributed by atoms with Crippen LogP contribution in [-0.4, -0.2) is 40.7 Å². The second-order valence-corrected chi connectivity index (χ2v) is 6.88. The fourth-order valence-corrected chi connectivity index (χ4v) is 3.48. The summed E-state index contributed by atoms with van der Waals surface area (Å²) in [4.78, 5) is 25.3. The molecule has 0 spiro atoms. The Bertz CT molecular complexity index is 586. The molecule has 5 nitrogen and oxygen atoms in total. The zero-order valence-corrected chi connectivity index (χ0v) is 12.7. The number of carboxylic acid groups (broad SMARTS) is 1. The van der Waals surface area contributed by atoms with Crippen LogP contribution >= 0.6 is 11.8 Å². The minimum absolute atomic E-state index is 0.160. The van der Waals surface area contributed by atoms with E-state index in [9.17, 15) is 14.7 Å². The zero-order valence-electron chi connectivity index (χ0n) is 11.8. The van der Waals surface area contributed by atoms with Crippen LogP contribution in [0.15, 0.2) is 24.3 Å². The first kappa shape index (κ1) is 14.3. The summed E-state index contributed by atoms with van der Waals surface area (Å²) < 4.78 is 0.160. The first-order chi connectivity index (χ1) is 10.1. The van der Waals surface area contributed by atoms with E-state index in [2.05, 4.69) is 5.32 Å². The van der Waals surface area contributed by atoms with Gasteiger partial charge in [0.1, 0.15) is 6.04 Å². The van der Waals surface area contributed by atoms with Gasteiger partial charge in [0.15, 0.2) is 0 Å². The summed E-state index contributed by atoms with van der Waals surface area (Å²) in [5.74, 6) is -0.965. The van der Waals surface area contributed by atoms with E-state index < -0.39 is 12.0 Å². The molecule has 0 radical (unpaired) electrons. The predicted octanol–water partition coefficient (Wildman–Crippen LogP) is 2.11. The first-order valence-corrected chi connectivity index (χ1v) is 8.22. The average molecular weight is 306 g/mol. The highest BCUT2D eigenvalue weighted by molar-refractivity contribution is 8.00. The number of urea groups is 1. The quantitative estimate of drug-likeness (QED) is 0.894. The van der Waals surface area contributed by atoms with Gasteiger partial charge in [-0.2, -0.15) is 11.8 Å². The molecular weight excluding hydrogens is 288 g/mol. The fraction of sp³-hybridized carbons (Fsp3) is 0.467. The van der Waals surface area contributed by atoms with Crippen LogP contribution < -0.4 is 10.2 Å². The molecule has 0 saturated heterocycles. The Hall–Kier alpha value is -1.69. The molecule has 1 saturated carbocycles. The van der Waals surface area contributed by atoms with E-state index in [1.807, 2.05) is 24.5 Å². The van der Waals surface area contributed by atoms with E-state index in [0.29, 0.717) is 18.7 Å². The molecule has 112 valence electrons. The van der Waals surface area contributed by atoms with Crippen LogP contribution in [0.1, 0.15) is 18.4 Å². The number of hydrogen-bond acceptors (Lipinski definition) is 3. The van der Waals surface area contributed by atoms with Gasteiger partial charge >= 0.3 is 12.0 Å². The number of aliphatic carboxylic acids is 1. The lowest BCUT2D eigenvalue weighted by Crippen LogP contribution is -2.49. The molecule has 0 aromatic heterocycles. The lowest BCUT2D eigenvalue weighted by Gasteiger charge is -2.24. The summed E-state index contributed by atoms with van der Waals surface area (Å²) >= 11 is 1.77. The number of nitrogens with zero attached hydrogens (tertiary/aromatic N) is 1. The molecule has 2 aliphatic rings. The molecule has 1 fully saturated rings. The van der Waals surface area contributed by atoms with Gasteiger partial charge < -0.3 is 10.4 Å². The number of carboxylic acids is 1. The van der Waals surface area contributed by atoms with E-state index in [1.54, 1.807) is 17.8 Å². The number of anilines is 1. The van der Waals surface area contributed by atoms with Crippen molar-refractivity contribution in [2.45, 2.75) is 30.1 Å². The molecule has 1 atom stereocenters. The summed E-state index contributed by atoms with van der Waals surface area (Å²) in [6, 6.07) is 6.25. The third-order valence-corrected chi connectivity index (χ3v) is 5.70. The van der Waals surface area contributed by atoms with Gasteiger partial charge in [-0.15, -0.1) is 0 Å². The highest BCUT2D eigenvalue weighted by Crippen LogP contribution is 2.46. The second kappa shape index (κ2) is 5.26. The van der Waals surface area contributed by atoms with Crippen molar-refractivity contribution in [3.8, 4) is 0 Å². The van der Waals surface area contributed by atoms with Crippen LogP contribution in [0.4, 0.5) is 10.5 Å². The minimum atomic E-state index is -0.965. The minimum Gasteiger partial charge on any atom is -0.480 e. The van der Waals surface area contributed by atoms with Gasteiger partial charge in [-0.05, 0) is 30.7 Å². The number of benzene rings is 1. The van der Waals surface area contributed by atoms with Crippen LogP contribution in [-0.2, 0) is 11.2 Å². The summed E-state index contributed by atoms with van der Waals surface area (Å²) in [5, 5.41) is 12.3. The van der Waals surface area contributed by atoms with Gasteiger partial charge in [0.25, 0.3) is 0 Å². The zero-order chi connectivity index (χ0) is 15.0. The van der Waals surface area contributed by atoms with E-state index in [1.165, 1.54) is 4.90 Å². The van der Waals surface area contributed by atoms with Crippen LogP contribution in [0.2, 0.25) is 0 Å². The van der Waals surface area contributed by atoms with E-state index >= 15 is 0 Å². The molecule has 1 aromatic carbocycles. The van der Waals surface area contributed by atoms with E-state index in [0.717, 1.165) is 18.4 Å². The van der Waals surface area contributed by atoms with Crippen LogP contribution in [0.5, 0.6) is 0 Å². The molecule has 0 unspecified atom stereocenters. The Labute approximate surface area is 127 Å². The van der Waals surface area contributed by atoms with Crippen molar-refractivity contribution in [3.05, 3.63) is 29.8 Å². The molecule has 1 heterocycles. The number of nitrogens with one attached hydrogen (secondary N) is 1. The van der Waals surface area contributed by atoms with Gasteiger partial charge in [-0.1, -0.05) is 18.2 Å². The van der Waals surface area contributed by atoms with Crippen molar-refractivity contribution in [1.82, 2.24) is 5.32 Å². The van der Waals surface area contributed by atoms with Crippen molar-refractivity contribution in [1.29, 1.82) is 0 Å². The van der Waals surface area contributed by atoms with Crippen molar-refractivity contribution >= 4 is 29.4 Å². The summed E-state index contributed by atoms with van der Waals surface area (Å²) in [6.45, 7) is 0.595. The monoisotopic (exact) mass is 306 g/mol. The number of rotatable bonds is 4. The Morgan fingerprint density at radius 1 is 1.43 bits per heavy atom. The Balaban J connectivity index is 1.77. The largest absolute Gasteiger partial charge is 0.480 e. The molecule has 1 aromatic rings. The topological polar surface area (TPSA) is 69.6 Å². The number of amides is 2. The van der Waals surface area contributed by atoms with Gasteiger partial charge in [-0.25, -0.2) is 9.59 Å². The standard InChI is InChI=1S/C15H18N2O3S/c1-21-15(6-7-15)9-16-14(20)17-11-5-3-2-4-10(11)8-12(17)13(18)19/h2-5,12H,6-9H2,1H3,(H,16,20)(H,18,19)/t12-/m0/s1. The van der Waals surface area contributed by atoms with E-state index in [-0.39, 0.29) is 10.8 Å². The number of hydrogen-bond donors (Lipinski definition) is 2. The molecule has 0 bridgehead atoms. The van der Waals surface area contributed by atoms with Gasteiger partial charge in [0, 0.05) is 23.4 Å². The number of fused-ring (bicyclic) bond motifs is 1. The molecule has 2 N–H and O–H groups in total. The van der Waals surface area contributed by atoms with Gasteiger partial charge in [-0.3, -0.25) is 4.90 Å². The highest BCUT2D eigenvalue weighted by atomic mass is 32.2. The molecular formula is C15H18N2O3S. The van der Waals surface area contributed by atoms with Crippen LogP contribution in [0, 0.1) is 0 Å². The average Bonchev–Trinajstić information content (AvgIpc) is 3.16. The van der Waals surface area contributed by atoms with Crippen molar-refractivity contribution in [2.75, 3.05) is 17.7 Å². The third-order valence-electron chi connectivity index (χ3n) is 4.28. The molecule has 2 amide bonds. The van der Waals surface area contributed by atoms with Crippen molar-refractivity contribution in [3.63, 3.8) is 0 Å². The maximum Gasteiger partial charge on any atom is 0.327 e. The van der Waals surface area contributed by atoms with E-state index in [4.69, 9.17) is 0 Å². The number of para-hydroxylation sites is 1. The fourth-order valence-electron chi connectivity index (χ4n) is 2.75. The lowest BCUT2D eigenvalue weighted by atomic mass is 10.1. The van der Waals surface area contributed by atoms with Crippen LogP contribution in [0.25, 0.3) is 0 Å². The maximum absolute atomic E-state index is 12.5. The lowest BCUT2D eigenvalue weighted by molar-refractivity contribution is -0.138. The van der Waals surface area contributed by atoms with Gasteiger partial charge in [0.2, 0.25) is 0 Å². The summed E-state index contributed by atoms with van der Waals surface area (Å²) in [7, 11) is 0. The molecule has 6 heteroatoms. The van der Waals surface area contributed by atoms with Crippen molar-refractivity contribution in [2.24, 2.45) is 0 Å². The number of carbonyl (C=O) groups is 2. The number of thioether (sulfide) groups is 1. The Morgan fingerprint density at radius 3 is 2.76 bits per heavy atom. The number of carbonyl (C=O) groups excluding carboxylic acids is 1. The Kier molecular flexibility index (Phi) is 3.57. The second-order valence-electron chi connectivity index (χ2n) is 5.60. The molecule has 1 aliphatic carbocycles. The predicted molar refractivity (Wildman–Crippen MR) is 82.9 cm³/mol. The molecule has 21 heavy (non-hydrogen) atoms. The first-order valence-electron chi connectivity index (χ1n) is 6.99. The van der Waals surface area contributed by atoms with Crippen molar-refractivity contribution < 1.29 is 14.7 Å². The smallest absolute Gasteiger partial charge is 0.327 e. The molecule has 3 rings (SSSR count). The SMILES string of the molecule is CSC1(CNC(=O)N2c3ccccc3C[C@H]2C(=O)O)CC1.